The first kappa shape index (κ1) is 20.6. The molecule has 0 saturated carbocycles. The summed E-state index contributed by atoms with van der Waals surface area (Å²) in [6, 6.07) is 13.9. The maximum atomic E-state index is 6.72. The van der Waals surface area contributed by atoms with Gasteiger partial charge in [0.1, 0.15) is 5.75 Å². The first-order chi connectivity index (χ1) is 14.5. The summed E-state index contributed by atoms with van der Waals surface area (Å²) < 4.78 is 5.35. The lowest BCUT2D eigenvalue weighted by Gasteiger charge is -2.32. The molecule has 7 heteroatoms. The zero-order valence-corrected chi connectivity index (χ0v) is 18.2. The molecule has 1 saturated heterocycles. The zero-order valence-electron chi connectivity index (χ0n) is 17.4. The number of nitrogens with one attached hydrogen (secondary N) is 2. The first-order valence-electron chi connectivity index (χ1n) is 10.3. The highest BCUT2D eigenvalue weighted by molar-refractivity contribution is 6.32. The van der Waals surface area contributed by atoms with Crippen LogP contribution in [0.3, 0.4) is 0 Å². The largest absolute Gasteiger partial charge is 0.495 e. The minimum absolute atomic E-state index is 0.538. The predicted molar refractivity (Wildman–Crippen MR) is 124 cm³/mol. The highest BCUT2D eigenvalue weighted by Gasteiger charge is 2.33. The lowest BCUT2D eigenvalue weighted by Crippen LogP contribution is -2.44. The van der Waals surface area contributed by atoms with Gasteiger partial charge in [-0.3, -0.25) is 5.73 Å². The first-order valence-corrected chi connectivity index (χ1v) is 10.7. The van der Waals surface area contributed by atoms with Gasteiger partial charge in [0.05, 0.1) is 12.1 Å². The summed E-state index contributed by atoms with van der Waals surface area (Å²) >= 11 is 6.18. The Bertz CT molecular complexity index is 966. The Morgan fingerprint density at radius 3 is 2.57 bits per heavy atom. The number of anilines is 2. The van der Waals surface area contributed by atoms with Gasteiger partial charge in [0.25, 0.3) is 0 Å². The van der Waals surface area contributed by atoms with Gasteiger partial charge in [-0.15, -0.1) is 0 Å². The molecule has 1 atom stereocenters. The predicted octanol–water partition coefficient (Wildman–Crippen LogP) is 4.43. The van der Waals surface area contributed by atoms with Crippen LogP contribution in [0, 0.1) is 0 Å². The van der Waals surface area contributed by atoms with E-state index in [1.807, 2.05) is 25.3 Å². The summed E-state index contributed by atoms with van der Waals surface area (Å²) in [4.78, 5) is 7.21. The van der Waals surface area contributed by atoms with E-state index in [9.17, 15) is 0 Å². The standard InChI is InChI=1S/C23H28ClN5O/c1-16-15-26-22(28-23(16,25)17-6-11-20(24)21(14-17)30-2)27-18-7-9-19(10-8-18)29-12-4-3-5-13-29/h6-11,14-15H,3-5,12-13,25H2,1-2H3,(H2,26,27,28). The van der Waals surface area contributed by atoms with Crippen molar-refractivity contribution < 1.29 is 4.74 Å². The number of hydrogen-bond acceptors (Lipinski definition) is 6. The summed E-state index contributed by atoms with van der Waals surface area (Å²) in [5.41, 5.74) is 9.61. The molecule has 1 fully saturated rings. The monoisotopic (exact) mass is 425 g/mol. The second-order valence-corrected chi connectivity index (χ2v) is 8.17. The molecule has 4 N–H and O–H groups in total. The molecule has 0 amide bonds. The third-order valence-corrected chi connectivity index (χ3v) is 6.07. The van der Waals surface area contributed by atoms with E-state index < -0.39 is 5.66 Å². The van der Waals surface area contributed by atoms with Gasteiger partial charge in [0.15, 0.2) is 5.66 Å². The number of aliphatic imine (C=N–C) groups is 1. The number of nitrogens with two attached hydrogens (primary N) is 1. The van der Waals surface area contributed by atoms with Crippen LogP contribution in [-0.4, -0.2) is 26.2 Å². The van der Waals surface area contributed by atoms with E-state index in [1.54, 1.807) is 13.2 Å². The molecule has 2 heterocycles. The van der Waals surface area contributed by atoms with E-state index in [0.717, 1.165) is 29.9 Å². The van der Waals surface area contributed by atoms with Crippen LogP contribution in [0.5, 0.6) is 5.75 Å². The van der Waals surface area contributed by atoms with Crippen LogP contribution in [0.25, 0.3) is 0 Å². The summed E-state index contributed by atoms with van der Waals surface area (Å²) in [6.45, 7) is 4.21. The lowest BCUT2D eigenvalue weighted by molar-refractivity contribution is 0.412. The second kappa shape index (κ2) is 8.58. The normalized spacial score (nSPS) is 21.4. The van der Waals surface area contributed by atoms with Crippen LogP contribution in [0.2, 0.25) is 5.02 Å². The summed E-state index contributed by atoms with van der Waals surface area (Å²) in [5, 5.41) is 7.06. The van der Waals surface area contributed by atoms with E-state index in [1.165, 1.54) is 24.9 Å². The number of guanidine groups is 1. The van der Waals surface area contributed by atoms with Crippen molar-refractivity contribution >= 4 is 28.9 Å². The maximum Gasteiger partial charge on any atom is 0.202 e. The van der Waals surface area contributed by atoms with Crippen molar-refractivity contribution in [2.45, 2.75) is 31.8 Å². The van der Waals surface area contributed by atoms with Crippen molar-refractivity contribution in [3.05, 3.63) is 64.8 Å². The lowest BCUT2D eigenvalue weighted by atomic mass is 9.93. The molecule has 4 rings (SSSR count). The van der Waals surface area contributed by atoms with E-state index in [4.69, 9.17) is 27.1 Å². The van der Waals surface area contributed by atoms with Crippen molar-refractivity contribution in [3.8, 4) is 5.75 Å². The van der Waals surface area contributed by atoms with Gasteiger partial charge < -0.3 is 20.3 Å². The minimum Gasteiger partial charge on any atom is -0.495 e. The Balaban J connectivity index is 1.54. The van der Waals surface area contributed by atoms with E-state index in [2.05, 4.69) is 39.8 Å². The molecule has 2 aromatic carbocycles. The Kier molecular flexibility index (Phi) is 5.88. The molecule has 2 aliphatic rings. The molecule has 158 valence electrons. The van der Waals surface area contributed by atoms with Crippen molar-refractivity contribution in [1.82, 2.24) is 5.32 Å². The van der Waals surface area contributed by atoms with E-state index in [-0.39, 0.29) is 0 Å². The summed E-state index contributed by atoms with van der Waals surface area (Å²) in [5.74, 6) is 1.16. The van der Waals surface area contributed by atoms with Crippen LogP contribution in [0.4, 0.5) is 11.4 Å². The van der Waals surface area contributed by atoms with E-state index >= 15 is 0 Å². The van der Waals surface area contributed by atoms with Crippen LogP contribution >= 0.6 is 11.6 Å². The summed E-state index contributed by atoms with van der Waals surface area (Å²) in [7, 11) is 1.59. The zero-order chi connectivity index (χ0) is 21.1. The Labute approximate surface area is 182 Å². The fourth-order valence-electron chi connectivity index (χ4n) is 3.88. The number of methoxy groups -OCH3 is 1. The minimum atomic E-state index is -1.01. The smallest absolute Gasteiger partial charge is 0.202 e. The molecule has 0 aromatic heterocycles. The Hall–Kier alpha value is -2.70. The van der Waals surface area contributed by atoms with Crippen LogP contribution in [0.1, 0.15) is 31.7 Å². The molecule has 0 aliphatic carbocycles. The van der Waals surface area contributed by atoms with Crippen molar-refractivity contribution in [3.63, 3.8) is 0 Å². The fourth-order valence-corrected chi connectivity index (χ4v) is 4.08. The van der Waals surface area contributed by atoms with Gasteiger partial charge in [-0.2, -0.15) is 0 Å². The van der Waals surface area contributed by atoms with Crippen molar-refractivity contribution in [2.75, 3.05) is 30.4 Å². The number of nitrogens with zero attached hydrogens (tertiary/aromatic N) is 2. The van der Waals surface area contributed by atoms with E-state index in [0.29, 0.717) is 16.7 Å². The highest BCUT2D eigenvalue weighted by Crippen LogP contribution is 2.35. The molecular weight excluding hydrogens is 398 g/mol. The average molecular weight is 426 g/mol. The quantitative estimate of drug-likeness (QED) is 0.675. The number of benzene rings is 2. The summed E-state index contributed by atoms with van der Waals surface area (Å²) in [6.07, 6.45) is 5.73. The van der Waals surface area contributed by atoms with Crippen molar-refractivity contribution in [2.24, 2.45) is 10.7 Å². The molecule has 1 unspecified atom stereocenters. The van der Waals surface area contributed by atoms with Crippen LogP contribution in [0.15, 0.2) is 59.2 Å². The molecule has 0 radical (unpaired) electrons. The third-order valence-electron chi connectivity index (χ3n) is 5.76. The maximum absolute atomic E-state index is 6.72. The number of piperidine rings is 1. The molecule has 0 bridgehead atoms. The Morgan fingerprint density at radius 1 is 1.13 bits per heavy atom. The molecule has 0 spiro atoms. The third kappa shape index (κ3) is 4.11. The topological polar surface area (TPSA) is 74.9 Å². The van der Waals surface area contributed by atoms with Crippen LogP contribution in [-0.2, 0) is 5.66 Å². The van der Waals surface area contributed by atoms with Gasteiger partial charge in [-0.25, -0.2) is 4.99 Å². The molecular formula is C23H28ClN5O. The second-order valence-electron chi connectivity index (χ2n) is 7.77. The molecule has 6 nitrogen and oxygen atoms in total. The van der Waals surface area contributed by atoms with Gasteiger partial charge in [0.2, 0.25) is 5.96 Å². The van der Waals surface area contributed by atoms with Gasteiger partial charge in [-0.1, -0.05) is 17.7 Å². The van der Waals surface area contributed by atoms with Crippen molar-refractivity contribution in [1.29, 1.82) is 0 Å². The SMILES string of the molecule is COc1cc(C2(N)N=C(Nc3ccc(N4CCCCC4)cc3)NC=C2C)ccc1Cl. The fraction of sp³-hybridized carbons (Fsp3) is 0.348. The molecule has 2 aliphatic heterocycles. The average Bonchev–Trinajstić information content (AvgIpc) is 2.78. The molecule has 2 aromatic rings. The van der Waals surface area contributed by atoms with Gasteiger partial charge in [0, 0.05) is 36.2 Å². The Morgan fingerprint density at radius 2 is 1.87 bits per heavy atom. The number of halogens is 1. The molecule has 30 heavy (non-hydrogen) atoms. The highest BCUT2D eigenvalue weighted by atomic mass is 35.5. The van der Waals surface area contributed by atoms with Gasteiger partial charge >= 0.3 is 0 Å². The van der Waals surface area contributed by atoms with Crippen LogP contribution < -0.4 is 26.0 Å². The number of ether oxygens (including phenoxy) is 1. The van der Waals surface area contributed by atoms with Gasteiger partial charge in [-0.05, 0) is 68.2 Å². The number of hydrogen-bond donors (Lipinski definition) is 3. The number of rotatable bonds is 4.